The predicted octanol–water partition coefficient (Wildman–Crippen LogP) is 0.782. The Labute approximate surface area is 162 Å². The van der Waals surface area contributed by atoms with Crippen LogP contribution < -0.4 is 4.31 Å². The van der Waals surface area contributed by atoms with Crippen molar-refractivity contribution in [2.24, 2.45) is 0 Å². The molecule has 0 aromatic heterocycles. The number of hydrogen-bond donors (Lipinski definition) is 0. The van der Waals surface area contributed by atoms with Crippen LogP contribution >= 0.6 is 0 Å². The van der Waals surface area contributed by atoms with Gasteiger partial charge < -0.3 is 0 Å². The largest absolute Gasteiger partial charge is 0.334 e. The van der Waals surface area contributed by atoms with Gasteiger partial charge >= 0.3 is 17.8 Å². The Morgan fingerprint density at radius 1 is 1.07 bits per heavy atom. The number of sulfonamides is 1. The van der Waals surface area contributed by atoms with Gasteiger partial charge in [-0.1, -0.05) is 6.92 Å². The first kappa shape index (κ1) is 20.0. The van der Waals surface area contributed by atoms with E-state index in [1.807, 2.05) is 0 Å². The van der Waals surface area contributed by atoms with Gasteiger partial charge in [0.05, 0.1) is 18.0 Å². The second-order valence-electron chi connectivity index (χ2n) is 6.62. The number of Topliss-reactive ketones (excluding diaryl/α,β-unsaturated/α-hetero) is 1. The minimum Gasteiger partial charge on any atom is -0.292 e. The van der Waals surface area contributed by atoms with Gasteiger partial charge in [0.15, 0.2) is 5.78 Å². The molecule has 0 unspecified atom stereocenters. The molecule has 1 aromatic rings. The molecule has 0 saturated carbocycles. The van der Waals surface area contributed by atoms with Crippen molar-refractivity contribution in [2.45, 2.75) is 26.7 Å². The zero-order valence-corrected chi connectivity index (χ0v) is 16.5. The summed E-state index contributed by atoms with van der Waals surface area (Å²) in [5.74, 6) is -2.44. The number of amides is 4. The minimum absolute atomic E-state index is 0.0193. The number of fused-ring (bicyclic) bond motifs is 1. The monoisotopic (exact) mass is 407 g/mol. The Bertz CT molecular complexity index is 972. The molecule has 1 fully saturated rings. The number of rotatable bonds is 7. The fourth-order valence-electron chi connectivity index (χ4n) is 3.34. The van der Waals surface area contributed by atoms with E-state index >= 15 is 0 Å². The van der Waals surface area contributed by atoms with Gasteiger partial charge in [-0.25, -0.2) is 18.1 Å². The Morgan fingerprint density at radius 3 is 2.39 bits per heavy atom. The third kappa shape index (κ3) is 3.28. The van der Waals surface area contributed by atoms with Crippen LogP contribution in [0.25, 0.3) is 0 Å². The number of ketones is 1. The third-order valence-electron chi connectivity index (χ3n) is 4.84. The molecule has 28 heavy (non-hydrogen) atoms. The molecular formula is C18H21N3O6S. The van der Waals surface area contributed by atoms with Crippen LogP contribution in [-0.2, 0) is 26.0 Å². The predicted molar refractivity (Wildman–Crippen MR) is 100 cm³/mol. The van der Waals surface area contributed by atoms with E-state index in [9.17, 15) is 27.6 Å². The summed E-state index contributed by atoms with van der Waals surface area (Å²) in [6, 6.07) is 3.83. The van der Waals surface area contributed by atoms with E-state index in [0.29, 0.717) is 35.5 Å². The van der Waals surface area contributed by atoms with Gasteiger partial charge in [-0.15, -0.1) is 0 Å². The summed E-state index contributed by atoms with van der Waals surface area (Å²) < 4.78 is 25.6. The fraction of sp³-hybridized carbons (Fsp3) is 0.444. The van der Waals surface area contributed by atoms with Gasteiger partial charge in [0.1, 0.15) is 0 Å². The molecule has 1 aromatic carbocycles. The number of carbonyl (C=O) groups is 4. The molecule has 2 aliphatic heterocycles. The topological polar surface area (TPSA) is 112 Å². The van der Waals surface area contributed by atoms with Gasteiger partial charge in [-0.05, 0) is 43.5 Å². The molecule has 0 spiro atoms. The molecule has 0 N–H and O–H groups in total. The summed E-state index contributed by atoms with van der Waals surface area (Å²) >= 11 is 0. The normalized spacial score (nSPS) is 16.9. The van der Waals surface area contributed by atoms with E-state index < -0.39 is 40.2 Å². The molecule has 3 rings (SSSR count). The highest BCUT2D eigenvalue weighted by Gasteiger charge is 2.44. The molecule has 9 nitrogen and oxygen atoms in total. The third-order valence-corrected chi connectivity index (χ3v) is 6.62. The number of imide groups is 2. The van der Waals surface area contributed by atoms with Crippen molar-refractivity contribution in [3.63, 3.8) is 0 Å². The molecule has 1 saturated heterocycles. The van der Waals surface area contributed by atoms with E-state index in [-0.39, 0.29) is 17.9 Å². The number of benzene rings is 1. The average molecular weight is 407 g/mol. The van der Waals surface area contributed by atoms with Gasteiger partial charge in [-0.3, -0.25) is 23.6 Å². The highest BCUT2D eigenvalue weighted by Crippen LogP contribution is 2.31. The van der Waals surface area contributed by atoms with E-state index in [0.717, 1.165) is 4.90 Å². The van der Waals surface area contributed by atoms with E-state index in [1.54, 1.807) is 26.0 Å². The second kappa shape index (κ2) is 7.34. The number of carbonyl (C=O) groups excluding carboxylic acids is 4. The lowest BCUT2D eigenvalue weighted by Crippen LogP contribution is -2.37. The Balaban J connectivity index is 1.79. The number of hydrogen-bond acceptors (Lipinski definition) is 6. The van der Waals surface area contributed by atoms with E-state index in [2.05, 4.69) is 0 Å². The summed E-state index contributed by atoms with van der Waals surface area (Å²) in [4.78, 5) is 50.2. The molecule has 0 aliphatic carbocycles. The maximum absolute atomic E-state index is 12.6. The van der Waals surface area contributed by atoms with Crippen LogP contribution in [0.15, 0.2) is 18.2 Å². The second-order valence-corrected chi connectivity index (χ2v) is 8.80. The van der Waals surface area contributed by atoms with Crippen LogP contribution in [-0.4, -0.2) is 67.2 Å². The van der Waals surface area contributed by atoms with Crippen LogP contribution in [0.1, 0.15) is 36.2 Å². The van der Waals surface area contributed by atoms with Crippen molar-refractivity contribution >= 4 is 39.3 Å². The van der Waals surface area contributed by atoms with Crippen molar-refractivity contribution in [1.82, 2.24) is 9.80 Å². The molecule has 10 heteroatoms. The maximum atomic E-state index is 12.6. The van der Waals surface area contributed by atoms with Crippen LogP contribution in [0.3, 0.4) is 0 Å². The van der Waals surface area contributed by atoms with Crippen molar-refractivity contribution < 1.29 is 27.6 Å². The van der Waals surface area contributed by atoms with Gasteiger partial charge in [0.2, 0.25) is 10.0 Å². The quantitative estimate of drug-likeness (QED) is 0.375. The molecule has 150 valence electrons. The lowest BCUT2D eigenvalue weighted by molar-refractivity contribution is -0.143. The van der Waals surface area contributed by atoms with Crippen LogP contribution in [0.5, 0.6) is 0 Å². The van der Waals surface area contributed by atoms with Gasteiger partial charge in [-0.2, -0.15) is 0 Å². The number of anilines is 1. The molecule has 2 heterocycles. The lowest BCUT2D eigenvalue weighted by Gasteiger charge is -2.18. The molecule has 4 amide bonds. The number of nitrogens with zero attached hydrogens (tertiary/aromatic N) is 3. The lowest BCUT2D eigenvalue weighted by atomic mass is 10.0. The molecular weight excluding hydrogens is 386 g/mol. The molecule has 0 radical (unpaired) electrons. The Kier molecular flexibility index (Phi) is 5.24. The summed E-state index contributed by atoms with van der Waals surface area (Å²) in [7, 11) is -3.39. The fourth-order valence-corrected chi connectivity index (χ4v) is 4.49. The summed E-state index contributed by atoms with van der Waals surface area (Å²) in [5.41, 5.74) is 1.51. The maximum Gasteiger partial charge on any atom is 0.334 e. The van der Waals surface area contributed by atoms with Crippen LogP contribution in [0.2, 0.25) is 0 Å². The van der Waals surface area contributed by atoms with E-state index in [1.165, 1.54) is 10.4 Å². The first-order valence-corrected chi connectivity index (χ1v) is 10.7. The molecule has 0 bridgehead atoms. The highest BCUT2D eigenvalue weighted by molar-refractivity contribution is 7.92. The van der Waals surface area contributed by atoms with E-state index in [4.69, 9.17) is 0 Å². The standard InChI is InChI=1S/C18H21N3O6S/c1-3-8-19-16(23)17(24)20(18(19)25)11-15(22)13-5-6-14-12(10-13)7-9-21(14)28(26,27)4-2/h5-6,10H,3-4,7-9,11H2,1-2H3. The van der Waals surface area contributed by atoms with Crippen molar-refractivity contribution in [2.75, 3.05) is 29.7 Å². The van der Waals surface area contributed by atoms with Crippen molar-refractivity contribution in [3.05, 3.63) is 29.3 Å². The van der Waals surface area contributed by atoms with Gasteiger partial charge in [0.25, 0.3) is 0 Å². The first-order valence-electron chi connectivity index (χ1n) is 9.05. The zero-order chi connectivity index (χ0) is 20.6. The molecule has 2 aliphatic rings. The van der Waals surface area contributed by atoms with Crippen LogP contribution in [0.4, 0.5) is 10.5 Å². The Morgan fingerprint density at radius 2 is 1.75 bits per heavy atom. The average Bonchev–Trinajstić information content (AvgIpc) is 3.19. The summed E-state index contributed by atoms with van der Waals surface area (Å²) in [6.45, 7) is 3.24. The SMILES string of the molecule is CCCN1C(=O)C(=O)N(CC(=O)c2ccc3c(c2)CCN3S(=O)(=O)CC)C1=O. The Hall–Kier alpha value is -2.75. The number of urea groups is 1. The summed E-state index contributed by atoms with van der Waals surface area (Å²) in [6.07, 6.45) is 0.981. The highest BCUT2D eigenvalue weighted by atomic mass is 32.2. The van der Waals surface area contributed by atoms with Crippen molar-refractivity contribution in [1.29, 1.82) is 0 Å². The minimum atomic E-state index is -3.39. The van der Waals surface area contributed by atoms with Crippen LogP contribution in [0, 0.1) is 0 Å². The first-order chi connectivity index (χ1) is 13.2. The smallest absolute Gasteiger partial charge is 0.292 e. The molecule has 0 atom stereocenters. The van der Waals surface area contributed by atoms with Crippen molar-refractivity contribution in [3.8, 4) is 0 Å². The van der Waals surface area contributed by atoms with Gasteiger partial charge in [0, 0.05) is 18.7 Å². The zero-order valence-electron chi connectivity index (χ0n) is 15.7. The summed E-state index contributed by atoms with van der Waals surface area (Å²) in [5, 5.41) is 0.